The number of nitriles is 1. The molecule has 1 aromatic rings. The summed E-state index contributed by atoms with van der Waals surface area (Å²) in [5.41, 5.74) is 0.943. The second kappa shape index (κ2) is 6.40. The van der Waals surface area contributed by atoms with Gasteiger partial charge in [0, 0.05) is 18.1 Å². The smallest absolute Gasteiger partial charge is 0.264 e. The van der Waals surface area contributed by atoms with Crippen molar-refractivity contribution in [3.8, 4) is 6.07 Å². The third-order valence-electron chi connectivity index (χ3n) is 3.15. The van der Waals surface area contributed by atoms with Crippen LogP contribution in [0, 0.1) is 11.3 Å². The summed E-state index contributed by atoms with van der Waals surface area (Å²) in [6, 6.07) is 9.12. The lowest BCUT2D eigenvalue weighted by Crippen LogP contribution is -2.36. The van der Waals surface area contributed by atoms with Gasteiger partial charge in [-0.15, -0.1) is 0 Å². The maximum Gasteiger partial charge on any atom is 0.264 e. The fraction of sp³-hybridized carbons (Fsp3) is 0.333. The molecule has 0 aliphatic carbocycles. The van der Waals surface area contributed by atoms with Crippen LogP contribution in [0.5, 0.6) is 0 Å². The van der Waals surface area contributed by atoms with E-state index < -0.39 is 0 Å². The maximum atomic E-state index is 12.2. The van der Waals surface area contributed by atoms with Gasteiger partial charge < -0.3 is 4.90 Å². The predicted molar refractivity (Wildman–Crippen MR) is 75.5 cm³/mol. The van der Waals surface area contributed by atoms with Crippen molar-refractivity contribution in [1.82, 2.24) is 4.90 Å². The first kappa shape index (κ1) is 13.6. The Hall–Kier alpha value is -1.79. The fourth-order valence-electron chi connectivity index (χ4n) is 2.17. The number of piperidine rings is 1. The second-order valence-electron chi connectivity index (χ2n) is 4.58. The van der Waals surface area contributed by atoms with Crippen LogP contribution in [0.15, 0.2) is 29.8 Å². The number of carbonyl (C=O) groups excluding carboxylic acids is 1. The molecule has 0 aromatic heterocycles. The second-order valence-corrected chi connectivity index (χ2v) is 5.01. The van der Waals surface area contributed by atoms with Crippen molar-refractivity contribution in [2.75, 3.05) is 13.1 Å². The zero-order valence-corrected chi connectivity index (χ0v) is 11.4. The van der Waals surface area contributed by atoms with Crippen LogP contribution in [0.1, 0.15) is 24.8 Å². The quantitative estimate of drug-likeness (QED) is 0.614. The van der Waals surface area contributed by atoms with Crippen molar-refractivity contribution in [1.29, 1.82) is 5.26 Å². The number of rotatable bonds is 2. The minimum Gasteiger partial charge on any atom is -0.338 e. The van der Waals surface area contributed by atoms with Crippen LogP contribution in [-0.4, -0.2) is 23.9 Å². The minimum atomic E-state index is -0.179. The standard InChI is InChI=1S/C15H15ClN2O/c16-14-6-4-5-12(10-14)9-13(11-17)15(19)18-7-2-1-3-8-18/h4-6,9-10H,1-3,7-8H2/b13-9+. The molecule has 19 heavy (non-hydrogen) atoms. The molecule has 4 heteroatoms. The number of nitrogens with zero attached hydrogens (tertiary/aromatic N) is 2. The van der Waals surface area contributed by atoms with E-state index in [-0.39, 0.29) is 11.5 Å². The van der Waals surface area contributed by atoms with Crippen molar-refractivity contribution in [3.63, 3.8) is 0 Å². The molecule has 1 aliphatic heterocycles. The predicted octanol–water partition coefficient (Wildman–Crippen LogP) is 3.26. The molecule has 2 rings (SSSR count). The Morgan fingerprint density at radius 1 is 1.32 bits per heavy atom. The van der Waals surface area contributed by atoms with Crippen LogP contribution in [-0.2, 0) is 4.79 Å². The van der Waals surface area contributed by atoms with E-state index in [0.717, 1.165) is 37.9 Å². The number of carbonyl (C=O) groups is 1. The molecule has 0 atom stereocenters. The average molecular weight is 275 g/mol. The van der Waals surface area contributed by atoms with Gasteiger partial charge in [-0.2, -0.15) is 5.26 Å². The lowest BCUT2D eigenvalue weighted by Gasteiger charge is -2.26. The molecule has 3 nitrogen and oxygen atoms in total. The van der Waals surface area contributed by atoms with Crippen molar-refractivity contribution < 1.29 is 4.79 Å². The van der Waals surface area contributed by atoms with Crippen LogP contribution >= 0.6 is 11.6 Å². The van der Waals surface area contributed by atoms with E-state index in [2.05, 4.69) is 0 Å². The average Bonchev–Trinajstić information content (AvgIpc) is 2.45. The molecule has 0 unspecified atom stereocenters. The Morgan fingerprint density at radius 3 is 2.68 bits per heavy atom. The highest BCUT2D eigenvalue weighted by molar-refractivity contribution is 6.30. The fourth-order valence-corrected chi connectivity index (χ4v) is 2.37. The van der Waals surface area contributed by atoms with E-state index in [9.17, 15) is 4.79 Å². The van der Waals surface area contributed by atoms with Crippen LogP contribution in [0.4, 0.5) is 0 Å². The zero-order valence-electron chi connectivity index (χ0n) is 10.6. The van der Waals surface area contributed by atoms with E-state index in [4.69, 9.17) is 16.9 Å². The molecule has 0 saturated carbocycles. The highest BCUT2D eigenvalue weighted by atomic mass is 35.5. The molecule has 0 spiro atoms. The first-order valence-corrected chi connectivity index (χ1v) is 6.75. The van der Waals surface area contributed by atoms with Gasteiger partial charge in [0.25, 0.3) is 5.91 Å². The summed E-state index contributed by atoms with van der Waals surface area (Å²) >= 11 is 5.89. The Labute approximate surface area is 118 Å². The first-order valence-electron chi connectivity index (χ1n) is 6.37. The third kappa shape index (κ3) is 3.59. The summed E-state index contributed by atoms with van der Waals surface area (Å²) in [5.74, 6) is -0.179. The molecule has 1 fully saturated rings. The van der Waals surface area contributed by atoms with E-state index >= 15 is 0 Å². The maximum absolute atomic E-state index is 12.2. The van der Waals surface area contributed by atoms with Crippen LogP contribution < -0.4 is 0 Å². The summed E-state index contributed by atoms with van der Waals surface area (Å²) in [7, 11) is 0. The first-order chi connectivity index (χ1) is 9.20. The van der Waals surface area contributed by atoms with E-state index in [1.54, 1.807) is 29.2 Å². The Bertz CT molecular complexity index is 539. The number of amides is 1. The highest BCUT2D eigenvalue weighted by Gasteiger charge is 2.20. The number of likely N-dealkylation sites (tertiary alicyclic amines) is 1. The zero-order chi connectivity index (χ0) is 13.7. The van der Waals surface area contributed by atoms with Crippen LogP contribution in [0.2, 0.25) is 5.02 Å². The molecule has 0 radical (unpaired) electrons. The Kier molecular flexibility index (Phi) is 4.59. The topological polar surface area (TPSA) is 44.1 Å². The molecule has 1 saturated heterocycles. The molecule has 0 N–H and O–H groups in total. The molecule has 1 aliphatic rings. The van der Waals surface area contributed by atoms with E-state index in [1.807, 2.05) is 12.1 Å². The van der Waals surface area contributed by atoms with Gasteiger partial charge in [-0.25, -0.2) is 0 Å². The number of hydrogen-bond donors (Lipinski definition) is 0. The molecular weight excluding hydrogens is 260 g/mol. The van der Waals surface area contributed by atoms with Gasteiger partial charge in [-0.3, -0.25) is 4.79 Å². The van der Waals surface area contributed by atoms with Gasteiger partial charge in [0.05, 0.1) is 0 Å². The summed E-state index contributed by atoms with van der Waals surface area (Å²) < 4.78 is 0. The Morgan fingerprint density at radius 2 is 2.05 bits per heavy atom. The monoisotopic (exact) mass is 274 g/mol. The normalized spacial score (nSPS) is 16.0. The van der Waals surface area contributed by atoms with Gasteiger partial charge in [0.15, 0.2) is 0 Å². The van der Waals surface area contributed by atoms with E-state index in [1.165, 1.54) is 0 Å². The molecule has 98 valence electrons. The lowest BCUT2D eigenvalue weighted by atomic mass is 10.1. The number of benzene rings is 1. The van der Waals surface area contributed by atoms with Crippen LogP contribution in [0.3, 0.4) is 0 Å². The minimum absolute atomic E-state index is 0.171. The van der Waals surface area contributed by atoms with Crippen molar-refractivity contribution in [2.24, 2.45) is 0 Å². The lowest BCUT2D eigenvalue weighted by molar-refractivity contribution is -0.127. The molecule has 0 bridgehead atoms. The summed E-state index contributed by atoms with van der Waals surface area (Å²) in [6.07, 6.45) is 4.79. The molecular formula is C15H15ClN2O. The number of halogens is 1. The van der Waals surface area contributed by atoms with Gasteiger partial charge in [0.2, 0.25) is 0 Å². The van der Waals surface area contributed by atoms with Gasteiger partial charge in [-0.05, 0) is 43.0 Å². The van der Waals surface area contributed by atoms with Gasteiger partial charge in [0.1, 0.15) is 11.6 Å². The number of hydrogen-bond acceptors (Lipinski definition) is 2. The van der Waals surface area contributed by atoms with Crippen molar-refractivity contribution in [2.45, 2.75) is 19.3 Å². The highest BCUT2D eigenvalue weighted by Crippen LogP contribution is 2.16. The summed E-state index contributed by atoms with van der Waals surface area (Å²) in [6.45, 7) is 1.49. The summed E-state index contributed by atoms with van der Waals surface area (Å²) in [4.78, 5) is 14.0. The molecule has 1 heterocycles. The van der Waals surface area contributed by atoms with Crippen molar-refractivity contribution >= 4 is 23.6 Å². The van der Waals surface area contributed by atoms with Crippen LogP contribution in [0.25, 0.3) is 6.08 Å². The molecule has 1 aromatic carbocycles. The Balaban J connectivity index is 2.19. The van der Waals surface area contributed by atoms with E-state index in [0.29, 0.717) is 5.02 Å². The van der Waals surface area contributed by atoms with Gasteiger partial charge >= 0.3 is 0 Å². The summed E-state index contributed by atoms with van der Waals surface area (Å²) in [5, 5.41) is 9.75. The third-order valence-corrected chi connectivity index (χ3v) is 3.39. The largest absolute Gasteiger partial charge is 0.338 e. The van der Waals surface area contributed by atoms with Crippen molar-refractivity contribution in [3.05, 3.63) is 40.4 Å². The molecule has 1 amide bonds. The SMILES string of the molecule is N#C/C(=C\c1cccc(Cl)c1)C(=O)N1CCCCC1. The van der Waals surface area contributed by atoms with Gasteiger partial charge in [-0.1, -0.05) is 23.7 Å².